The van der Waals surface area contributed by atoms with Gasteiger partial charge in [0.15, 0.2) is 26.8 Å². The van der Waals surface area contributed by atoms with Crippen LogP contribution >= 0.6 is 0 Å². The lowest BCUT2D eigenvalue weighted by Crippen LogP contribution is -2.30. The first-order valence-corrected chi connectivity index (χ1v) is 10.9. The lowest BCUT2D eigenvalue weighted by molar-refractivity contribution is -0.671. The van der Waals surface area contributed by atoms with Crippen molar-refractivity contribution in [2.45, 2.75) is 50.4 Å². The van der Waals surface area contributed by atoms with Gasteiger partial charge >= 0.3 is 11.0 Å². The van der Waals surface area contributed by atoms with Gasteiger partial charge in [-0.05, 0) is 6.42 Å². The summed E-state index contributed by atoms with van der Waals surface area (Å²) in [5.41, 5.74) is -12.4. The molecule has 172 valence electrons. The Morgan fingerprint density at radius 1 is 0.966 bits per heavy atom. The monoisotopic (exact) mass is 477 g/mol. The number of aromatic nitrogens is 2. The summed E-state index contributed by atoms with van der Waals surface area (Å²) in [5, 5.41) is 0. The number of halogens is 6. The van der Waals surface area contributed by atoms with E-state index in [2.05, 4.69) is 6.92 Å². The second-order valence-electron chi connectivity index (χ2n) is 5.61. The fraction of sp³-hybridized carbons (Fsp3) is 0.769. The number of unbranched alkanes of at least 4 members (excludes halogenated alkanes) is 3. The smallest absolute Gasteiger partial charge is 0.421 e. The van der Waals surface area contributed by atoms with Gasteiger partial charge in [0.1, 0.15) is 12.4 Å². The van der Waals surface area contributed by atoms with Crippen LogP contribution in [0.25, 0.3) is 4.13 Å². The highest BCUT2D eigenvalue weighted by Gasteiger charge is 2.46. The molecule has 16 heteroatoms. The third kappa shape index (κ3) is 10.3. The number of imidazole rings is 1. The van der Waals surface area contributed by atoms with Crippen LogP contribution in [0, 0.1) is 0 Å². The van der Waals surface area contributed by atoms with Crippen molar-refractivity contribution in [3.63, 3.8) is 0 Å². The maximum atomic E-state index is 11.4. The van der Waals surface area contributed by atoms with Gasteiger partial charge in [-0.2, -0.15) is 26.3 Å². The van der Waals surface area contributed by atoms with Crippen LogP contribution in [0.2, 0.25) is 0 Å². The molecule has 0 saturated carbocycles. The van der Waals surface area contributed by atoms with E-state index in [1.807, 2.05) is 34.9 Å². The van der Waals surface area contributed by atoms with Crippen molar-refractivity contribution in [3.8, 4) is 0 Å². The van der Waals surface area contributed by atoms with Crippen LogP contribution in [-0.4, -0.2) is 39.0 Å². The highest BCUT2D eigenvalue weighted by molar-refractivity contribution is 8.13. The first kappa shape index (κ1) is 27.6. The third-order valence-corrected chi connectivity index (χ3v) is 5.73. The Balaban J connectivity index is 0.000000541. The second kappa shape index (κ2) is 11.1. The highest BCUT2D eigenvalue weighted by atomic mass is 32.3. The summed E-state index contributed by atoms with van der Waals surface area (Å²) in [7, 11) is -11.4. The van der Waals surface area contributed by atoms with E-state index in [-0.39, 0.29) is 0 Å². The van der Waals surface area contributed by atoms with Crippen LogP contribution in [0.5, 0.6) is 0 Å². The molecular weight excluding hydrogens is 456 g/mol. The Bertz CT molecular complexity index is 777. The normalized spacial score (nSPS) is 13.1. The number of aryl methyl sites for hydroxylation is 1. The highest BCUT2D eigenvalue weighted by Crippen LogP contribution is 2.36. The molecule has 0 radical (unpaired) electrons. The Morgan fingerprint density at radius 2 is 1.48 bits per heavy atom. The fourth-order valence-electron chi connectivity index (χ4n) is 1.59. The van der Waals surface area contributed by atoms with Crippen LogP contribution in [0.15, 0.2) is 18.7 Å². The van der Waals surface area contributed by atoms with Crippen LogP contribution < -0.4 is 4.57 Å². The van der Waals surface area contributed by atoms with Crippen molar-refractivity contribution in [3.05, 3.63) is 22.8 Å². The van der Waals surface area contributed by atoms with Crippen molar-refractivity contribution >= 4 is 20.0 Å². The van der Waals surface area contributed by atoms with E-state index < -0.39 is 31.1 Å². The van der Waals surface area contributed by atoms with E-state index in [1.54, 1.807) is 0 Å². The largest absolute Gasteiger partial charge is 0.480 e. The minimum Gasteiger partial charge on any atom is -0.421 e. The first-order valence-electron chi connectivity index (χ1n) is 7.99. The maximum absolute atomic E-state index is 11.4. The topological polar surface area (TPSA) is 100 Å². The molecule has 29 heavy (non-hydrogen) atoms. The zero-order chi connectivity index (χ0) is 22.9. The first-order chi connectivity index (χ1) is 13.0. The summed E-state index contributed by atoms with van der Waals surface area (Å²) >= 11 is 0. The summed E-state index contributed by atoms with van der Waals surface area (Å²) in [6.07, 6.45) is 11.1. The molecular formula is C13H21F6N3O5S2. The molecule has 0 aliphatic rings. The molecule has 8 nitrogen and oxygen atoms in total. The molecule has 0 atom stereocenters. The lowest BCUT2D eigenvalue weighted by atomic mass is 10.2. The zero-order valence-corrected chi connectivity index (χ0v) is 17.1. The van der Waals surface area contributed by atoms with Crippen molar-refractivity contribution < 1.29 is 52.5 Å². The number of sulfonamides is 2. The van der Waals surface area contributed by atoms with Gasteiger partial charge in [-0.25, -0.2) is 26.0 Å². The summed E-state index contributed by atoms with van der Waals surface area (Å²) < 4.78 is 119. The van der Waals surface area contributed by atoms with Gasteiger partial charge in [-0.3, -0.25) is 0 Å². The number of rotatable bonds is 9. The Labute approximate surface area is 164 Å². The average molecular weight is 477 g/mol. The minimum atomic E-state index is -6.72. The van der Waals surface area contributed by atoms with Crippen LogP contribution in [0.4, 0.5) is 26.3 Å². The van der Waals surface area contributed by atoms with Gasteiger partial charge in [-0.1, -0.05) is 26.2 Å². The number of hydrogen-bond donors (Lipinski definition) is 0. The molecule has 0 unspecified atom stereocenters. The Hall–Kier alpha value is -1.39. The molecule has 0 fully saturated rings. The molecule has 0 aromatic carbocycles. The fourth-order valence-corrected chi connectivity index (χ4v) is 3.30. The molecule has 1 aromatic heterocycles. The lowest BCUT2D eigenvalue weighted by Gasteiger charge is -2.22. The number of ether oxygens (including phenoxy) is 1. The third-order valence-electron chi connectivity index (χ3n) is 2.99. The van der Waals surface area contributed by atoms with E-state index >= 15 is 0 Å². The van der Waals surface area contributed by atoms with Gasteiger partial charge in [0.25, 0.3) is 0 Å². The van der Waals surface area contributed by atoms with E-state index in [0.29, 0.717) is 6.73 Å². The zero-order valence-electron chi connectivity index (χ0n) is 15.4. The van der Waals surface area contributed by atoms with Crippen LogP contribution in [0.1, 0.15) is 32.6 Å². The van der Waals surface area contributed by atoms with Crippen molar-refractivity contribution in [2.24, 2.45) is 7.05 Å². The molecule has 0 N–H and O–H groups in total. The summed E-state index contributed by atoms with van der Waals surface area (Å²) in [5.74, 6) is 0. The van der Waals surface area contributed by atoms with Gasteiger partial charge in [0.05, 0.1) is 13.7 Å². The second-order valence-corrected chi connectivity index (χ2v) is 9.03. The molecule has 0 bridgehead atoms. The van der Waals surface area contributed by atoms with Crippen LogP contribution in [0.3, 0.4) is 0 Å². The molecule has 0 amide bonds. The molecule has 0 saturated heterocycles. The average Bonchev–Trinajstić information content (AvgIpc) is 2.93. The van der Waals surface area contributed by atoms with Gasteiger partial charge in [0.2, 0.25) is 6.33 Å². The van der Waals surface area contributed by atoms with E-state index in [9.17, 15) is 43.2 Å². The summed E-state index contributed by atoms with van der Waals surface area (Å²) in [6, 6.07) is 0. The minimum absolute atomic E-state index is 0.674. The standard InChI is InChI=1S/C11H21N2O.C2F6NO4S2/c1-3-4-5-6-9-14-11-13-8-7-12(2)10-13;3-1(4,5)14(10,11)9-15(12,13)2(6,7)8/h7-8,10H,3-6,9,11H2,1-2H3;/q+1;-1. The number of alkyl halides is 6. The number of hydrogen-bond acceptors (Lipinski definition) is 5. The summed E-state index contributed by atoms with van der Waals surface area (Å²) in [4.78, 5) is 0. The molecule has 1 rings (SSSR count). The van der Waals surface area contributed by atoms with Gasteiger partial charge in [-0.15, -0.1) is 0 Å². The molecule has 0 spiro atoms. The van der Waals surface area contributed by atoms with Crippen molar-refractivity contribution in [2.75, 3.05) is 6.61 Å². The SMILES string of the molecule is CCCCCCOCn1cc[n+](C)c1.O=S(=O)([N-]S(=O)(=O)C(F)(F)F)C(F)(F)F. The maximum Gasteiger partial charge on any atom is 0.480 e. The molecule has 0 aliphatic heterocycles. The quantitative estimate of drug-likeness (QED) is 0.309. The number of nitrogens with zero attached hydrogens (tertiary/aromatic N) is 3. The Morgan fingerprint density at radius 3 is 1.86 bits per heavy atom. The summed E-state index contributed by atoms with van der Waals surface area (Å²) in [6.45, 7) is 3.77. The molecule has 0 aliphatic carbocycles. The van der Waals surface area contributed by atoms with E-state index in [1.165, 1.54) is 25.7 Å². The predicted molar refractivity (Wildman–Crippen MR) is 89.0 cm³/mol. The van der Waals surface area contributed by atoms with Gasteiger partial charge in [0, 0.05) is 0 Å². The van der Waals surface area contributed by atoms with Crippen molar-refractivity contribution in [1.82, 2.24) is 4.57 Å². The van der Waals surface area contributed by atoms with E-state index in [4.69, 9.17) is 4.74 Å². The van der Waals surface area contributed by atoms with E-state index in [0.717, 1.165) is 10.7 Å². The molecule has 1 heterocycles. The molecule has 1 aromatic rings. The predicted octanol–water partition coefficient (Wildman–Crippen LogP) is 2.93. The van der Waals surface area contributed by atoms with Gasteiger partial charge < -0.3 is 8.86 Å². The van der Waals surface area contributed by atoms with Crippen LogP contribution in [-0.2, 0) is 38.6 Å². The Kier molecular flexibility index (Phi) is 10.6. The van der Waals surface area contributed by atoms with Crippen molar-refractivity contribution in [1.29, 1.82) is 0 Å².